The zero-order chi connectivity index (χ0) is 31.2. The van der Waals surface area contributed by atoms with E-state index < -0.39 is 10.8 Å². The fourth-order valence-electron chi connectivity index (χ4n) is 11.1. The first-order valence-corrected chi connectivity index (χ1v) is 18.3. The highest BCUT2D eigenvalue weighted by Crippen LogP contribution is 2.52. The minimum absolute atomic E-state index is 0.0404. The average Bonchev–Trinajstić information content (AvgIpc) is 3.05. The quantitative estimate of drug-likeness (QED) is 0.236. The summed E-state index contributed by atoms with van der Waals surface area (Å²) in [6.07, 6.45) is 16.4. The summed E-state index contributed by atoms with van der Waals surface area (Å²) in [5.74, 6) is 2.19. The summed E-state index contributed by atoms with van der Waals surface area (Å²) in [6.45, 7) is 2.75. The SMILES string of the molecule is CC1CC2CC(C(=O)OCC3(COC(=O)C45CCCC(CC(C=O)C4)C5)COC(C4CC5CCCC(C5)C4)OC3)CC(C2)C1=O. The van der Waals surface area contributed by atoms with E-state index in [2.05, 4.69) is 0 Å². The van der Waals surface area contributed by atoms with Crippen molar-refractivity contribution in [1.82, 2.24) is 0 Å². The number of ether oxygens (including phenoxy) is 4. The minimum atomic E-state index is -0.787. The fourth-order valence-corrected chi connectivity index (χ4v) is 11.1. The van der Waals surface area contributed by atoms with Crippen LogP contribution in [-0.2, 0) is 38.1 Å². The van der Waals surface area contributed by atoms with E-state index in [9.17, 15) is 19.2 Å². The zero-order valence-corrected chi connectivity index (χ0v) is 27.3. The molecule has 6 bridgehead atoms. The zero-order valence-electron chi connectivity index (χ0n) is 27.3. The standard InChI is InChI=1S/C37H54O8/c1-23-8-27-13-29(32(23)39)15-30(14-27)33(40)42-19-36(20-43-34(44-21-36)31-11-24-4-2-5-25(9-24)12-31)22-45-35(41)37-7-3-6-26(16-37)10-28(17-37)18-38/h18,23-31,34H,2-17,19-22H2,1H3. The molecular formula is C37H54O8. The van der Waals surface area contributed by atoms with Crippen molar-refractivity contribution in [3.05, 3.63) is 0 Å². The molecule has 45 heavy (non-hydrogen) atoms. The first-order chi connectivity index (χ1) is 21.7. The van der Waals surface area contributed by atoms with Crippen LogP contribution in [-0.4, -0.2) is 56.7 Å². The van der Waals surface area contributed by atoms with Crippen LogP contribution in [0.4, 0.5) is 0 Å². The number of rotatable bonds is 8. The van der Waals surface area contributed by atoms with Crippen LogP contribution in [0.2, 0.25) is 0 Å². The molecule has 250 valence electrons. The largest absolute Gasteiger partial charge is 0.465 e. The number of Topliss-reactive ketones (excluding diaryl/α,β-unsaturated/α-hetero) is 1. The molecule has 0 amide bonds. The number of carbonyl (C=O) groups is 4. The second-order valence-corrected chi connectivity index (χ2v) is 16.9. The van der Waals surface area contributed by atoms with E-state index in [-0.39, 0.29) is 55.1 Å². The summed E-state index contributed by atoms with van der Waals surface area (Å²) in [5.41, 5.74) is -1.39. The van der Waals surface area contributed by atoms with Gasteiger partial charge in [0, 0.05) is 23.7 Å². The molecule has 7 aliphatic rings. The monoisotopic (exact) mass is 626 g/mol. The third-order valence-electron chi connectivity index (χ3n) is 13.3. The molecular weight excluding hydrogens is 572 g/mol. The number of hydrogen-bond acceptors (Lipinski definition) is 8. The highest BCUT2D eigenvalue weighted by molar-refractivity contribution is 5.85. The van der Waals surface area contributed by atoms with Crippen LogP contribution in [0.1, 0.15) is 110 Å². The van der Waals surface area contributed by atoms with Crippen LogP contribution in [0, 0.1) is 64.1 Å². The van der Waals surface area contributed by atoms with Crippen LogP contribution in [0.25, 0.3) is 0 Å². The predicted octanol–water partition coefficient (Wildman–Crippen LogP) is 6.08. The van der Waals surface area contributed by atoms with Crippen molar-refractivity contribution < 1.29 is 38.1 Å². The summed E-state index contributed by atoms with van der Waals surface area (Å²) < 4.78 is 25.1. The number of ketones is 1. The molecule has 7 rings (SSSR count). The van der Waals surface area contributed by atoms with Gasteiger partial charge < -0.3 is 23.7 Å². The van der Waals surface area contributed by atoms with Gasteiger partial charge in [-0.05, 0) is 94.3 Å². The summed E-state index contributed by atoms with van der Waals surface area (Å²) >= 11 is 0. The molecule has 1 saturated heterocycles. The van der Waals surface area contributed by atoms with Crippen LogP contribution in [0.5, 0.6) is 0 Å². The topological polar surface area (TPSA) is 105 Å². The maximum atomic E-state index is 13.8. The van der Waals surface area contributed by atoms with Crippen molar-refractivity contribution in [2.75, 3.05) is 26.4 Å². The lowest BCUT2D eigenvalue weighted by Crippen LogP contribution is -2.52. The molecule has 6 aliphatic carbocycles. The maximum absolute atomic E-state index is 13.8. The molecule has 6 saturated carbocycles. The number of esters is 2. The van der Waals surface area contributed by atoms with Gasteiger partial charge in [0.05, 0.1) is 30.0 Å². The molecule has 0 aromatic heterocycles. The second kappa shape index (κ2) is 13.0. The lowest BCUT2D eigenvalue weighted by molar-refractivity contribution is -0.272. The third kappa shape index (κ3) is 6.66. The van der Waals surface area contributed by atoms with E-state index in [4.69, 9.17) is 18.9 Å². The van der Waals surface area contributed by atoms with E-state index in [1.165, 1.54) is 25.7 Å². The molecule has 9 unspecified atom stereocenters. The normalized spacial score (nSPS) is 46.1. The Morgan fingerprint density at radius 1 is 0.822 bits per heavy atom. The number of fused-ring (bicyclic) bond motifs is 6. The van der Waals surface area contributed by atoms with Gasteiger partial charge in [0.2, 0.25) is 0 Å². The minimum Gasteiger partial charge on any atom is -0.465 e. The first-order valence-electron chi connectivity index (χ1n) is 18.3. The highest BCUT2D eigenvalue weighted by Gasteiger charge is 2.51. The van der Waals surface area contributed by atoms with Gasteiger partial charge in [0.1, 0.15) is 25.3 Å². The molecule has 0 spiro atoms. The molecule has 8 nitrogen and oxygen atoms in total. The Balaban J connectivity index is 1.01. The fraction of sp³-hybridized carbons (Fsp3) is 0.892. The summed E-state index contributed by atoms with van der Waals surface area (Å²) in [7, 11) is 0. The Labute approximate surface area is 268 Å². The van der Waals surface area contributed by atoms with Crippen molar-refractivity contribution in [2.24, 2.45) is 64.1 Å². The Kier molecular flexibility index (Phi) is 9.19. The molecule has 0 N–H and O–H groups in total. The third-order valence-corrected chi connectivity index (χ3v) is 13.3. The van der Waals surface area contributed by atoms with Crippen molar-refractivity contribution >= 4 is 24.0 Å². The van der Waals surface area contributed by atoms with E-state index >= 15 is 0 Å². The van der Waals surface area contributed by atoms with Gasteiger partial charge in [-0.3, -0.25) is 14.4 Å². The Hall–Kier alpha value is -1.80. The van der Waals surface area contributed by atoms with Crippen LogP contribution in [0.15, 0.2) is 0 Å². The van der Waals surface area contributed by atoms with E-state index in [1.54, 1.807) is 0 Å². The number of carbonyl (C=O) groups excluding carboxylic acids is 4. The van der Waals surface area contributed by atoms with Gasteiger partial charge in [-0.25, -0.2) is 0 Å². The first kappa shape index (κ1) is 31.8. The van der Waals surface area contributed by atoms with E-state index in [0.29, 0.717) is 49.6 Å². The average molecular weight is 627 g/mol. The molecule has 0 aromatic rings. The van der Waals surface area contributed by atoms with Gasteiger partial charge in [-0.2, -0.15) is 0 Å². The van der Waals surface area contributed by atoms with Crippen LogP contribution in [0.3, 0.4) is 0 Å². The van der Waals surface area contributed by atoms with Crippen molar-refractivity contribution in [1.29, 1.82) is 0 Å². The van der Waals surface area contributed by atoms with Gasteiger partial charge in [0.25, 0.3) is 0 Å². The van der Waals surface area contributed by atoms with Gasteiger partial charge in [-0.1, -0.05) is 39.0 Å². The van der Waals surface area contributed by atoms with Crippen molar-refractivity contribution in [3.8, 4) is 0 Å². The summed E-state index contributed by atoms with van der Waals surface area (Å²) in [5, 5.41) is 0. The molecule has 0 radical (unpaired) electrons. The predicted molar refractivity (Wildman–Crippen MR) is 165 cm³/mol. The van der Waals surface area contributed by atoms with Crippen LogP contribution >= 0.6 is 0 Å². The highest BCUT2D eigenvalue weighted by atomic mass is 16.7. The smallest absolute Gasteiger partial charge is 0.312 e. The molecule has 8 heteroatoms. The Morgan fingerprint density at radius 2 is 1.56 bits per heavy atom. The molecule has 1 aliphatic heterocycles. The lowest BCUT2D eigenvalue weighted by Gasteiger charge is -2.47. The Bertz CT molecular complexity index is 1110. The van der Waals surface area contributed by atoms with Crippen molar-refractivity contribution in [3.63, 3.8) is 0 Å². The number of aldehydes is 1. The molecule has 9 atom stereocenters. The second-order valence-electron chi connectivity index (χ2n) is 16.9. The number of hydrogen-bond donors (Lipinski definition) is 0. The van der Waals surface area contributed by atoms with Gasteiger partial charge >= 0.3 is 11.9 Å². The van der Waals surface area contributed by atoms with Gasteiger partial charge in [0.15, 0.2) is 6.29 Å². The van der Waals surface area contributed by atoms with Crippen molar-refractivity contribution in [2.45, 2.75) is 116 Å². The van der Waals surface area contributed by atoms with Gasteiger partial charge in [-0.15, -0.1) is 0 Å². The van der Waals surface area contributed by atoms with Crippen LogP contribution < -0.4 is 0 Å². The molecule has 1 heterocycles. The molecule has 7 fully saturated rings. The maximum Gasteiger partial charge on any atom is 0.312 e. The molecule has 0 aromatic carbocycles. The summed E-state index contributed by atoms with van der Waals surface area (Å²) in [4.78, 5) is 51.7. The Morgan fingerprint density at radius 3 is 2.31 bits per heavy atom. The van der Waals surface area contributed by atoms with E-state index in [0.717, 1.165) is 82.3 Å². The van der Waals surface area contributed by atoms with E-state index in [1.807, 2.05) is 6.92 Å². The summed E-state index contributed by atoms with van der Waals surface area (Å²) in [6, 6.07) is 0. The lowest BCUT2D eigenvalue weighted by atomic mass is 9.59.